The minimum atomic E-state index is -3.24. The molecule has 0 aromatic carbocycles. The third kappa shape index (κ3) is 2.41. The van der Waals surface area contributed by atoms with E-state index >= 15 is 0 Å². The highest BCUT2D eigenvalue weighted by atomic mass is 32.2. The van der Waals surface area contributed by atoms with Gasteiger partial charge in [-0.1, -0.05) is 6.42 Å². The van der Waals surface area contributed by atoms with Gasteiger partial charge in [0.15, 0.2) is 9.84 Å². The number of sulfone groups is 1. The predicted octanol–water partition coefficient (Wildman–Crippen LogP) is -0.369. The molecule has 1 aliphatic rings. The van der Waals surface area contributed by atoms with Gasteiger partial charge in [-0.15, -0.1) is 0 Å². The van der Waals surface area contributed by atoms with Crippen LogP contribution in [0.2, 0.25) is 0 Å². The summed E-state index contributed by atoms with van der Waals surface area (Å²) in [5.74, 6) is -0.448. The van der Waals surface area contributed by atoms with Crippen LogP contribution in [0.3, 0.4) is 0 Å². The zero-order valence-corrected chi connectivity index (χ0v) is 8.26. The number of carbonyl (C=O) groups excluding carboxylic acids is 1. The van der Waals surface area contributed by atoms with Crippen LogP contribution in [0.4, 0.5) is 0 Å². The smallest absolute Gasteiger partial charge is 0.261 e. The van der Waals surface area contributed by atoms with Crippen molar-refractivity contribution >= 4 is 15.7 Å². The molecule has 0 radical (unpaired) electrons. The van der Waals surface area contributed by atoms with Crippen LogP contribution in [0.25, 0.3) is 0 Å². The molecule has 1 saturated heterocycles. The van der Waals surface area contributed by atoms with Gasteiger partial charge in [0, 0.05) is 0 Å². The first-order valence-electron chi connectivity index (χ1n) is 4.12. The molecule has 13 heavy (non-hydrogen) atoms. The Bertz CT molecular complexity index is 285. The Morgan fingerprint density at radius 3 is 2.69 bits per heavy atom. The van der Waals surface area contributed by atoms with E-state index in [1.807, 2.05) is 0 Å². The summed E-state index contributed by atoms with van der Waals surface area (Å²) in [7, 11) is -1.95. The zero-order chi connectivity index (χ0) is 9.90. The summed E-state index contributed by atoms with van der Waals surface area (Å²) in [5, 5.41) is -0.916. The molecule has 0 aromatic rings. The maximum absolute atomic E-state index is 11.4. The maximum Gasteiger partial charge on any atom is 0.261 e. The highest BCUT2D eigenvalue weighted by molar-refractivity contribution is 7.92. The van der Waals surface area contributed by atoms with E-state index in [1.165, 1.54) is 7.11 Å². The van der Waals surface area contributed by atoms with Crippen molar-refractivity contribution in [3.05, 3.63) is 0 Å². The summed E-state index contributed by atoms with van der Waals surface area (Å²) in [6, 6.07) is 0. The van der Waals surface area contributed by atoms with Crippen molar-refractivity contribution in [3.63, 3.8) is 0 Å². The second-order valence-corrected chi connectivity index (χ2v) is 5.32. The average molecular weight is 207 g/mol. The molecule has 1 aliphatic heterocycles. The summed E-state index contributed by atoms with van der Waals surface area (Å²) in [4.78, 5) is 15.6. The van der Waals surface area contributed by atoms with E-state index in [9.17, 15) is 13.2 Å². The number of hydroxylamine groups is 1. The summed E-state index contributed by atoms with van der Waals surface area (Å²) >= 11 is 0. The molecule has 5 nitrogen and oxygen atoms in total. The van der Waals surface area contributed by atoms with E-state index in [0.29, 0.717) is 12.8 Å². The summed E-state index contributed by atoms with van der Waals surface area (Å²) in [5.41, 5.74) is 2.05. The van der Waals surface area contributed by atoms with E-state index in [1.54, 1.807) is 0 Å². The fourth-order valence-electron chi connectivity index (χ4n) is 1.42. The second-order valence-electron chi connectivity index (χ2n) is 3.02. The number of amides is 1. The van der Waals surface area contributed by atoms with E-state index in [0.717, 1.165) is 6.42 Å². The van der Waals surface area contributed by atoms with Gasteiger partial charge in [-0.3, -0.25) is 9.63 Å². The lowest BCUT2D eigenvalue weighted by Gasteiger charge is -2.20. The van der Waals surface area contributed by atoms with E-state index < -0.39 is 21.0 Å². The quantitative estimate of drug-likeness (QED) is 0.627. The third-order valence-electron chi connectivity index (χ3n) is 2.07. The minimum Gasteiger partial charge on any atom is -0.277 e. The molecule has 1 atom stereocenters. The number of hydrogen-bond acceptors (Lipinski definition) is 4. The Morgan fingerprint density at radius 2 is 2.15 bits per heavy atom. The Labute approximate surface area is 77.3 Å². The number of carbonyl (C=O) groups is 1. The van der Waals surface area contributed by atoms with Crippen LogP contribution >= 0.6 is 0 Å². The molecule has 0 spiro atoms. The van der Waals surface area contributed by atoms with Gasteiger partial charge >= 0.3 is 0 Å². The Kier molecular flexibility index (Phi) is 3.27. The van der Waals surface area contributed by atoms with Crippen LogP contribution in [0.5, 0.6) is 0 Å². The fourth-order valence-corrected chi connectivity index (χ4v) is 3.21. The summed E-state index contributed by atoms with van der Waals surface area (Å²) < 4.78 is 22.8. The molecule has 76 valence electrons. The first-order valence-corrected chi connectivity index (χ1v) is 5.84. The molecule has 0 aromatic heterocycles. The van der Waals surface area contributed by atoms with Crippen molar-refractivity contribution in [2.45, 2.75) is 24.5 Å². The predicted molar refractivity (Wildman–Crippen MR) is 46.6 cm³/mol. The van der Waals surface area contributed by atoms with Crippen LogP contribution in [0, 0.1) is 0 Å². The summed E-state index contributed by atoms with van der Waals surface area (Å²) in [6.07, 6.45) is 1.83. The third-order valence-corrected chi connectivity index (χ3v) is 4.25. The normalized spacial score (nSPS) is 26.7. The van der Waals surface area contributed by atoms with Crippen molar-refractivity contribution in [3.8, 4) is 0 Å². The fraction of sp³-hybridized carbons (Fsp3) is 0.857. The van der Waals surface area contributed by atoms with Crippen molar-refractivity contribution < 1.29 is 18.0 Å². The second kappa shape index (κ2) is 4.06. The molecule has 6 heteroatoms. The lowest BCUT2D eigenvalue weighted by atomic mass is 10.2. The van der Waals surface area contributed by atoms with Crippen LogP contribution in [0.15, 0.2) is 0 Å². The molecule has 1 rings (SSSR count). The Balaban J connectivity index is 2.71. The minimum absolute atomic E-state index is 0.106. The highest BCUT2D eigenvalue weighted by Gasteiger charge is 2.34. The Hall–Kier alpha value is -0.620. The van der Waals surface area contributed by atoms with Crippen molar-refractivity contribution in [1.29, 1.82) is 0 Å². The number of nitrogens with one attached hydrogen (secondary N) is 1. The molecule has 1 heterocycles. The van der Waals surface area contributed by atoms with E-state index in [4.69, 9.17) is 0 Å². The monoisotopic (exact) mass is 207 g/mol. The van der Waals surface area contributed by atoms with Crippen LogP contribution in [0.1, 0.15) is 19.3 Å². The average Bonchev–Trinajstić information content (AvgIpc) is 2.03. The lowest BCUT2D eigenvalue weighted by molar-refractivity contribution is -0.131. The van der Waals surface area contributed by atoms with Gasteiger partial charge in [0.05, 0.1) is 12.9 Å². The van der Waals surface area contributed by atoms with Crippen molar-refractivity contribution in [1.82, 2.24) is 5.48 Å². The van der Waals surface area contributed by atoms with Crippen molar-refractivity contribution in [2.75, 3.05) is 12.9 Å². The number of rotatable bonds is 2. The van der Waals surface area contributed by atoms with Gasteiger partial charge in [0.1, 0.15) is 5.25 Å². The van der Waals surface area contributed by atoms with E-state index in [2.05, 4.69) is 10.3 Å². The molecule has 1 unspecified atom stereocenters. The molecule has 0 aliphatic carbocycles. The zero-order valence-electron chi connectivity index (χ0n) is 7.45. The SMILES string of the molecule is CONC(=O)C1CCCCS1(=O)=O. The topological polar surface area (TPSA) is 72.5 Å². The first kappa shape index (κ1) is 10.5. The van der Waals surface area contributed by atoms with Crippen LogP contribution < -0.4 is 5.48 Å². The molecule has 0 bridgehead atoms. The van der Waals surface area contributed by atoms with Crippen LogP contribution in [-0.2, 0) is 19.5 Å². The van der Waals surface area contributed by atoms with Gasteiger partial charge in [-0.2, -0.15) is 0 Å². The van der Waals surface area contributed by atoms with Gasteiger partial charge < -0.3 is 0 Å². The van der Waals surface area contributed by atoms with Crippen molar-refractivity contribution in [2.24, 2.45) is 0 Å². The highest BCUT2D eigenvalue weighted by Crippen LogP contribution is 2.19. The van der Waals surface area contributed by atoms with Gasteiger partial charge in [-0.05, 0) is 12.8 Å². The largest absolute Gasteiger partial charge is 0.277 e. The Morgan fingerprint density at radius 1 is 1.46 bits per heavy atom. The van der Waals surface area contributed by atoms with Crippen LogP contribution in [-0.4, -0.2) is 32.4 Å². The van der Waals surface area contributed by atoms with Gasteiger partial charge in [0.25, 0.3) is 5.91 Å². The lowest BCUT2D eigenvalue weighted by Crippen LogP contribution is -2.42. The van der Waals surface area contributed by atoms with E-state index in [-0.39, 0.29) is 5.75 Å². The molecule has 1 amide bonds. The molecule has 1 fully saturated rings. The summed E-state index contributed by atoms with van der Waals surface area (Å²) in [6.45, 7) is 0. The van der Waals surface area contributed by atoms with Gasteiger partial charge in [-0.25, -0.2) is 13.9 Å². The molecule has 1 N–H and O–H groups in total. The molecular formula is C7H13NO4S. The molecule has 0 saturated carbocycles. The standard InChI is InChI=1S/C7H13NO4S/c1-12-8-7(9)6-4-2-3-5-13(6,10)11/h6H,2-5H2,1H3,(H,8,9). The molecular weight excluding hydrogens is 194 g/mol. The first-order chi connectivity index (χ1) is 6.08. The van der Waals surface area contributed by atoms with Gasteiger partial charge in [0.2, 0.25) is 0 Å². The number of hydrogen-bond donors (Lipinski definition) is 1. The maximum atomic E-state index is 11.4.